The minimum Gasteiger partial charge on any atom is -0.356 e. The largest absolute Gasteiger partial charge is 0.356 e. The fourth-order valence-corrected chi connectivity index (χ4v) is 4.11. The number of hydrogen-bond acceptors (Lipinski definition) is 2. The number of nitrogens with one attached hydrogen (secondary N) is 1. The second kappa shape index (κ2) is 9.55. The summed E-state index contributed by atoms with van der Waals surface area (Å²) in [5.74, 6) is 1.52. The van der Waals surface area contributed by atoms with E-state index in [1.807, 2.05) is 11.8 Å². The number of carbonyl (C=O) groups excluding carboxylic acids is 1. The summed E-state index contributed by atoms with van der Waals surface area (Å²) in [5.41, 5.74) is 1.48. The summed E-state index contributed by atoms with van der Waals surface area (Å²) in [6.07, 6.45) is 10.3. The van der Waals surface area contributed by atoms with Crippen molar-refractivity contribution in [3.63, 3.8) is 0 Å². The van der Waals surface area contributed by atoms with Crippen LogP contribution in [0.25, 0.3) is 0 Å². The molecule has 21 heavy (non-hydrogen) atoms. The molecule has 3 heteroatoms. The number of unbranched alkanes of at least 4 members (excludes halogenated alkanes) is 2. The molecule has 0 fully saturated rings. The Balaban J connectivity index is 2.61. The summed E-state index contributed by atoms with van der Waals surface area (Å²) in [4.78, 5) is 12.6. The molecule has 1 aliphatic heterocycles. The minimum absolute atomic E-state index is 0.0356. The van der Waals surface area contributed by atoms with Gasteiger partial charge in [0.1, 0.15) is 0 Å². The van der Waals surface area contributed by atoms with E-state index >= 15 is 0 Å². The van der Waals surface area contributed by atoms with Crippen LogP contribution in [0.3, 0.4) is 0 Å². The topological polar surface area (TPSA) is 29.1 Å². The molecule has 1 aliphatic rings. The average molecular weight is 312 g/mol. The molecular formula is C18H33NOS. The highest BCUT2D eigenvalue weighted by Crippen LogP contribution is 2.37. The van der Waals surface area contributed by atoms with E-state index in [2.05, 4.69) is 39.1 Å². The van der Waals surface area contributed by atoms with Gasteiger partial charge in [-0.05, 0) is 58.6 Å². The Morgan fingerprint density at radius 3 is 2.90 bits per heavy atom. The van der Waals surface area contributed by atoms with Crippen LogP contribution in [0, 0.1) is 5.92 Å². The third-order valence-electron chi connectivity index (χ3n) is 4.38. The fraction of sp³-hybridized carbons (Fsp3) is 0.833. The van der Waals surface area contributed by atoms with Crippen LogP contribution in [0.2, 0.25) is 0 Å². The third kappa shape index (κ3) is 6.90. The summed E-state index contributed by atoms with van der Waals surface area (Å²) in [5, 5.41) is 3.17. The Kier molecular flexibility index (Phi) is 8.46. The molecule has 0 aromatic heterocycles. The van der Waals surface area contributed by atoms with Gasteiger partial charge in [0, 0.05) is 11.3 Å². The van der Waals surface area contributed by atoms with Gasteiger partial charge in [-0.3, -0.25) is 4.79 Å². The van der Waals surface area contributed by atoms with Gasteiger partial charge in [0.25, 0.3) is 0 Å². The lowest BCUT2D eigenvalue weighted by atomic mass is 9.88. The number of rotatable bonds is 5. The average Bonchev–Trinajstić information content (AvgIpc) is 2.43. The highest BCUT2D eigenvalue weighted by molar-refractivity contribution is 8.00. The second-order valence-electron chi connectivity index (χ2n) is 6.73. The van der Waals surface area contributed by atoms with Crippen molar-refractivity contribution in [3.05, 3.63) is 11.6 Å². The predicted molar refractivity (Wildman–Crippen MR) is 94.8 cm³/mol. The number of allylic oxidation sites excluding steroid dienone is 2. The Morgan fingerprint density at radius 1 is 1.43 bits per heavy atom. The van der Waals surface area contributed by atoms with Crippen molar-refractivity contribution in [2.24, 2.45) is 5.92 Å². The van der Waals surface area contributed by atoms with E-state index in [9.17, 15) is 4.79 Å². The maximum Gasteiger partial charge on any atom is 0.224 e. The molecule has 1 heterocycles. The predicted octanol–water partition coefficient (Wildman–Crippen LogP) is 4.94. The zero-order chi connectivity index (χ0) is 15.7. The summed E-state index contributed by atoms with van der Waals surface area (Å²) in [6, 6.07) is 0. The summed E-state index contributed by atoms with van der Waals surface area (Å²) >= 11 is 1.95. The van der Waals surface area contributed by atoms with E-state index < -0.39 is 0 Å². The van der Waals surface area contributed by atoms with Crippen molar-refractivity contribution in [2.75, 3.05) is 12.3 Å². The van der Waals surface area contributed by atoms with Crippen LogP contribution >= 0.6 is 11.8 Å². The van der Waals surface area contributed by atoms with E-state index in [4.69, 9.17) is 0 Å². The monoisotopic (exact) mass is 311 g/mol. The SMILES string of the molecule is CCCCCNC(=O)[C@H]1CCC/C(C)=C/CCSC1(C)C. The van der Waals surface area contributed by atoms with Crippen molar-refractivity contribution in [1.29, 1.82) is 0 Å². The van der Waals surface area contributed by atoms with E-state index in [0.29, 0.717) is 0 Å². The van der Waals surface area contributed by atoms with Gasteiger partial charge in [0.05, 0.1) is 5.92 Å². The summed E-state index contributed by atoms with van der Waals surface area (Å²) in [7, 11) is 0. The third-order valence-corrected chi connectivity index (χ3v) is 5.85. The van der Waals surface area contributed by atoms with Crippen LogP contribution in [0.4, 0.5) is 0 Å². The normalized spacial score (nSPS) is 25.7. The molecule has 1 atom stereocenters. The van der Waals surface area contributed by atoms with Crippen LogP contribution in [0.15, 0.2) is 11.6 Å². The van der Waals surface area contributed by atoms with Crippen molar-refractivity contribution in [3.8, 4) is 0 Å². The van der Waals surface area contributed by atoms with E-state index in [-0.39, 0.29) is 16.6 Å². The molecule has 0 aromatic carbocycles. The Morgan fingerprint density at radius 2 is 2.19 bits per heavy atom. The lowest BCUT2D eigenvalue weighted by Gasteiger charge is -2.33. The zero-order valence-corrected chi connectivity index (χ0v) is 15.2. The van der Waals surface area contributed by atoms with Crippen molar-refractivity contribution >= 4 is 17.7 Å². The molecular weight excluding hydrogens is 278 g/mol. The second-order valence-corrected chi connectivity index (χ2v) is 8.48. The molecule has 0 aromatic rings. The maximum atomic E-state index is 12.6. The van der Waals surface area contributed by atoms with Crippen LogP contribution < -0.4 is 5.32 Å². The molecule has 122 valence electrons. The van der Waals surface area contributed by atoms with E-state index in [1.54, 1.807) is 0 Å². The van der Waals surface area contributed by atoms with Crippen LogP contribution in [-0.4, -0.2) is 23.0 Å². The molecule has 0 bridgehead atoms. The quantitative estimate of drug-likeness (QED) is 0.575. The summed E-state index contributed by atoms with van der Waals surface area (Å²) < 4.78 is 0.0356. The Hall–Kier alpha value is -0.440. The van der Waals surface area contributed by atoms with E-state index in [1.165, 1.54) is 18.4 Å². The number of hydrogen-bond donors (Lipinski definition) is 1. The van der Waals surface area contributed by atoms with Crippen molar-refractivity contribution in [1.82, 2.24) is 5.32 Å². The van der Waals surface area contributed by atoms with Gasteiger partial charge in [0.15, 0.2) is 0 Å². The van der Waals surface area contributed by atoms with Gasteiger partial charge in [-0.25, -0.2) is 0 Å². The standard InChI is InChI=1S/C18H33NOS/c1-5-6-7-13-19-17(20)16-12-8-10-15(2)11-9-14-21-18(16,3)4/h11,16H,5-10,12-14H2,1-4H3,(H,19,20)/b15-11+/t16-/m1/s1. The van der Waals surface area contributed by atoms with Crippen LogP contribution in [0.5, 0.6) is 0 Å². The Bertz CT molecular complexity index is 349. The highest BCUT2D eigenvalue weighted by Gasteiger charge is 2.35. The molecule has 1 rings (SSSR count). The zero-order valence-electron chi connectivity index (χ0n) is 14.3. The first-order valence-electron chi connectivity index (χ1n) is 8.54. The number of carbonyl (C=O) groups is 1. The molecule has 1 N–H and O–H groups in total. The first kappa shape index (κ1) is 18.6. The van der Waals surface area contributed by atoms with Gasteiger partial charge < -0.3 is 5.32 Å². The maximum absolute atomic E-state index is 12.6. The molecule has 0 saturated heterocycles. The lowest BCUT2D eigenvalue weighted by molar-refractivity contribution is -0.126. The molecule has 0 aliphatic carbocycles. The molecule has 1 amide bonds. The van der Waals surface area contributed by atoms with Gasteiger partial charge in [-0.15, -0.1) is 0 Å². The first-order valence-corrected chi connectivity index (χ1v) is 9.53. The molecule has 0 unspecified atom stereocenters. The number of thioether (sulfide) groups is 1. The van der Waals surface area contributed by atoms with Gasteiger partial charge in [-0.2, -0.15) is 11.8 Å². The van der Waals surface area contributed by atoms with E-state index in [0.717, 1.165) is 44.4 Å². The van der Waals surface area contributed by atoms with Gasteiger partial charge >= 0.3 is 0 Å². The summed E-state index contributed by atoms with van der Waals surface area (Å²) in [6.45, 7) is 9.73. The van der Waals surface area contributed by atoms with Crippen LogP contribution in [-0.2, 0) is 4.79 Å². The number of amides is 1. The molecule has 0 radical (unpaired) electrons. The molecule has 0 spiro atoms. The van der Waals surface area contributed by atoms with Crippen molar-refractivity contribution < 1.29 is 4.79 Å². The Labute approximate surface area is 135 Å². The fourth-order valence-electron chi connectivity index (χ4n) is 2.92. The van der Waals surface area contributed by atoms with Gasteiger partial charge in [0.2, 0.25) is 5.91 Å². The van der Waals surface area contributed by atoms with Crippen LogP contribution in [0.1, 0.15) is 72.6 Å². The lowest BCUT2D eigenvalue weighted by Crippen LogP contribution is -2.42. The molecule has 2 nitrogen and oxygen atoms in total. The van der Waals surface area contributed by atoms with Crippen molar-refractivity contribution in [2.45, 2.75) is 77.4 Å². The van der Waals surface area contributed by atoms with Gasteiger partial charge in [-0.1, -0.05) is 31.4 Å². The highest BCUT2D eigenvalue weighted by atomic mass is 32.2. The molecule has 0 saturated carbocycles. The first-order chi connectivity index (χ1) is 9.97. The smallest absolute Gasteiger partial charge is 0.224 e. The minimum atomic E-state index is 0.0356.